The van der Waals surface area contributed by atoms with E-state index in [0.29, 0.717) is 0 Å². The maximum atomic E-state index is 4.68. The summed E-state index contributed by atoms with van der Waals surface area (Å²) < 4.78 is 2.62. The standard InChI is InChI=1S/C23H16N2S/c1-15-24-20(16-7-3-2-4-8-16)14-21(25-15)17-11-12-19-18-9-5-6-10-22(18)26-23(19)13-17/h2-14H,1H3. The van der Waals surface area contributed by atoms with Crippen molar-refractivity contribution < 1.29 is 0 Å². The maximum absolute atomic E-state index is 4.68. The Kier molecular flexibility index (Phi) is 3.54. The van der Waals surface area contributed by atoms with Gasteiger partial charge in [0.1, 0.15) is 5.82 Å². The van der Waals surface area contributed by atoms with E-state index in [9.17, 15) is 0 Å². The minimum atomic E-state index is 0.790. The molecule has 5 rings (SSSR count). The highest BCUT2D eigenvalue weighted by Gasteiger charge is 2.09. The molecule has 0 aliphatic heterocycles. The Hall–Kier alpha value is -3.04. The Morgan fingerprint density at radius 2 is 1.31 bits per heavy atom. The van der Waals surface area contributed by atoms with Gasteiger partial charge in [0.15, 0.2) is 0 Å². The van der Waals surface area contributed by atoms with Gasteiger partial charge in [-0.1, -0.05) is 60.7 Å². The van der Waals surface area contributed by atoms with E-state index in [1.807, 2.05) is 36.5 Å². The maximum Gasteiger partial charge on any atom is 0.126 e. The van der Waals surface area contributed by atoms with E-state index >= 15 is 0 Å². The molecular weight excluding hydrogens is 336 g/mol. The van der Waals surface area contributed by atoms with E-state index < -0.39 is 0 Å². The Morgan fingerprint density at radius 1 is 0.615 bits per heavy atom. The first kappa shape index (κ1) is 15.2. The van der Waals surface area contributed by atoms with Crippen molar-refractivity contribution in [2.75, 3.05) is 0 Å². The summed E-state index contributed by atoms with van der Waals surface area (Å²) in [6.45, 7) is 1.95. The molecule has 5 aromatic rings. The molecule has 0 aliphatic carbocycles. The number of nitrogens with zero attached hydrogens (tertiary/aromatic N) is 2. The fourth-order valence-corrected chi connectivity index (χ4v) is 4.50. The van der Waals surface area contributed by atoms with Crippen molar-refractivity contribution in [3.63, 3.8) is 0 Å². The first-order chi connectivity index (χ1) is 12.8. The zero-order chi connectivity index (χ0) is 17.5. The lowest BCUT2D eigenvalue weighted by Crippen LogP contribution is -1.94. The van der Waals surface area contributed by atoms with Gasteiger partial charge in [-0.2, -0.15) is 0 Å². The van der Waals surface area contributed by atoms with Crippen LogP contribution in [0.4, 0.5) is 0 Å². The number of rotatable bonds is 2. The molecular formula is C23H16N2S. The Balaban J connectivity index is 1.67. The lowest BCUT2D eigenvalue weighted by atomic mass is 10.1. The van der Waals surface area contributed by atoms with Crippen molar-refractivity contribution in [2.45, 2.75) is 6.92 Å². The summed E-state index contributed by atoms with van der Waals surface area (Å²) >= 11 is 1.83. The third-order valence-corrected chi connectivity index (χ3v) is 5.72. The van der Waals surface area contributed by atoms with E-state index in [-0.39, 0.29) is 0 Å². The molecule has 2 heterocycles. The molecule has 3 aromatic carbocycles. The molecule has 0 bridgehead atoms. The fourth-order valence-electron chi connectivity index (χ4n) is 3.36. The Morgan fingerprint density at radius 3 is 2.15 bits per heavy atom. The normalized spacial score (nSPS) is 11.3. The summed E-state index contributed by atoms with van der Waals surface area (Å²) in [4.78, 5) is 9.30. The van der Waals surface area contributed by atoms with E-state index in [1.165, 1.54) is 20.2 Å². The number of hydrogen-bond acceptors (Lipinski definition) is 3. The van der Waals surface area contributed by atoms with Gasteiger partial charge in [-0.25, -0.2) is 9.97 Å². The molecule has 0 saturated heterocycles. The average Bonchev–Trinajstić information content (AvgIpc) is 3.06. The predicted molar refractivity (Wildman–Crippen MR) is 111 cm³/mol. The number of fused-ring (bicyclic) bond motifs is 3. The van der Waals surface area contributed by atoms with Crippen molar-refractivity contribution in [1.29, 1.82) is 0 Å². The molecule has 124 valence electrons. The summed E-state index contributed by atoms with van der Waals surface area (Å²) in [6.07, 6.45) is 0. The van der Waals surface area contributed by atoms with Crippen LogP contribution in [0.15, 0.2) is 78.9 Å². The zero-order valence-corrected chi connectivity index (χ0v) is 15.1. The molecule has 0 aliphatic rings. The number of aromatic nitrogens is 2. The molecule has 2 aromatic heterocycles. The molecule has 3 heteroatoms. The van der Waals surface area contributed by atoms with Crippen molar-refractivity contribution in [2.24, 2.45) is 0 Å². The average molecular weight is 352 g/mol. The first-order valence-electron chi connectivity index (χ1n) is 8.61. The molecule has 0 unspecified atom stereocenters. The molecule has 0 saturated carbocycles. The Bertz CT molecular complexity index is 1240. The summed E-state index contributed by atoms with van der Waals surface area (Å²) in [5.41, 5.74) is 4.18. The SMILES string of the molecule is Cc1nc(-c2ccccc2)cc(-c2ccc3c(c2)sc2ccccc23)n1. The van der Waals surface area contributed by atoms with Crippen LogP contribution < -0.4 is 0 Å². The van der Waals surface area contributed by atoms with Gasteiger partial charge in [0.25, 0.3) is 0 Å². The second-order valence-corrected chi connectivity index (χ2v) is 7.44. The minimum absolute atomic E-state index is 0.790. The third-order valence-electron chi connectivity index (χ3n) is 4.58. The molecule has 2 nitrogen and oxygen atoms in total. The van der Waals surface area contributed by atoms with E-state index in [0.717, 1.165) is 28.3 Å². The molecule has 0 N–H and O–H groups in total. The van der Waals surface area contributed by atoms with Crippen LogP contribution in [0.3, 0.4) is 0 Å². The zero-order valence-electron chi connectivity index (χ0n) is 14.3. The monoisotopic (exact) mass is 352 g/mol. The van der Waals surface area contributed by atoms with E-state index in [4.69, 9.17) is 0 Å². The molecule has 0 fully saturated rings. The lowest BCUT2D eigenvalue weighted by Gasteiger charge is -2.07. The lowest BCUT2D eigenvalue weighted by molar-refractivity contribution is 1.06. The van der Waals surface area contributed by atoms with Crippen molar-refractivity contribution in [1.82, 2.24) is 9.97 Å². The van der Waals surface area contributed by atoms with Gasteiger partial charge in [0.05, 0.1) is 11.4 Å². The van der Waals surface area contributed by atoms with Crippen LogP contribution >= 0.6 is 11.3 Å². The van der Waals surface area contributed by atoms with Crippen LogP contribution in [0.25, 0.3) is 42.7 Å². The van der Waals surface area contributed by atoms with E-state index in [1.54, 1.807) is 0 Å². The first-order valence-corrected chi connectivity index (χ1v) is 9.42. The minimum Gasteiger partial charge on any atom is -0.233 e. The van der Waals surface area contributed by atoms with Crippen LogP contribution in [-0.4, -0.2) is 9.97 Å². The van der Waals surface area contributed by atoms with Crippen LogP contribution in [0.1, 0.15) is 5.82 Å². The topological polar surface area (TPSA) is 25.8 Å². The Labute approximate surface area is 155 Å². The van der Waals surface area contributed by atoms with Gasteiger partial charge in [0.2, 0.25) is 0 Å². The smallest absolute Gasteiger partial charge is 0.126 e. The summed E-state index contributed by atoms with van der Waals surface area (Å²) in [7, 11) is 0. The highest BCUT2D eigenvalue weighted by atomic mass is 32.1. The molecule has 0 spiro atoms. The van der Waals surface area contributed by atoms with Gasteiger partial charge in [0, 0.05) is 31.3 Å². The van der Waals surface area contributed by atoms with Crippen LogP contribution in [0.2, 0.25) is 0 Å². The second-order valence-electron chi connectivity index (χ2n) is 6.36. The molecule has 0 amide bonds. The van der Waals surface area contributed by atoms with Gasteiger partial charge >= 0.3 is 0 Å². The van der Waals surface area contributed by atoms with Crippen LogP contribution in [0, 0.1) is 6.92 Å². The van der Waals surface area contributed by atoms with Crippen molar-refractivity contribution in [3.05, 3.63) is 84.7 Å². The molecule has 0 radical (unpaired) electrons. The second kappa shape index (κ2) is 6.04. The highest BCUT2D eigenvalue weighted by molar-refractivity contribution is 7.25. The van der Waals surface area contributed by atoms with Gasteiger partial charge < -0.3 is 0 Å². The van der Waals surface area contributed by atoms with E-state index in [2.05, 4.69) is 70.6 Å². The molecule has 0 atom stereocenters. The predicted octanol–water partition coefficient (Wildman–Crippen LogP) is 6.49. The summed E-state index contributed by atoms with van der Waals surface area (Å²) in [5.74, 6) is 0.790. The van der Waals surface area contributed by atoms with Crippen molar-refractivity contribution in [3.8, 4) is 22.5 Å². The quantitative estimate of drug-likeness (QED) is 0.363. The van der Waals surface area contributed by atoms with Crippen LogP contribution in [-0.2, 0) is 0 Å². The number of thiophene rings is 1. The summed E-state index contributed by atoms with van der Waals surface area (Å²) in [5, 5.41) is 2.63. The van der Waals surface area contributed by atoms with Crippen LogP contribution in [0.5, 0.6) is 0 Å². The largest absolute Gasteiger partial charge is 0.233 e. The number of aryl methyl sites for hydroxylation is 1. The van der Waals surface area contributed by atoms with Gasteiger partial charge in [-0.15, -0.1) is 11.3 Å². The number of hydrogen-bond donors (Lipinski definition) is 0. The molecule has 26 heavy (non-hydrogen) atoms. The van der Waals surface area contributed by atoms with Crippen molar-refractivity contribution >= 4 is 31.5 Å². The third kappa shape index (κ3) is 2.57. The fraction of sp³-hybridized carbons (Fsp3) is 0.0435. The van der Waals surface area contributed by atoms with Gasteiger partial charge in [-0.05, 0) is 25.1 Å². The van der Waals surface area contributed by atoms with Gasteiger partial charge in [-0.3, -0.25) is 0 Å². The highest BCUT2D eigenvalue weighted by Crippen LogP contribution is 2.36. The number of benzene rings is 3. The summed E-state index contributed by atoms with van der Waals surface area (Å²) in [6, 6.07) is 27.5.